The Labute approximate surface area is 91.1 Å². The first-order valence-corrected chi connectivity index (χ1v) is 4.72. The molecule has 74 valence electrons. The summed E-state index contributed by atoms with van der Waals surface area (Å²) in [5, 5.41) is 11.4. The maximum atomic E-state index is 5.55. The summed E-state index contributed by atoms with van der Waals surface area (Å²) in [6.45, 7) is 5.85. The third-order valence-electron chi connectivity index (χ3n) is 1.31. The minimum atomic E-state index is -1.67. The molecular formula is C6H9Cl3N4. The van der Waals surface area contributed by atoms with E-state index in [0.717, 1.165) is 4.80 Å². The summed E-state index contributed by atoms with van der Waals surface area (Å²) in [6.07, 6.45) is 0. The molecule has 0 fully saturated rings. The molecule has 0 spiro atoms. The van der Waals surface area contributed by atoms with Crippen molar-refractivity contribution in [3.8, 4) is 0 Å². The molecule has 0 atom stereocenters. The SMILES string of the molecule is CC(C)(C)c1nnn(C(Cl)(Cl)Cl)n1. The number of tetrazole rings is 1. The Morgan fingerprint density at radius 1 is 1.15 bits per heavy atom. The lowest BCUT2D eigenvalue weighted by Crippen LogP contribution is -2.18. The van der Waals surface area contributed by atoms with Crippen LogP contribution < -0.4 is 0 Å². The molecule has 0 aliphatic carbocycles. The number of aromatic nitrogens is 4. The second-order valence-corrected chi connectivity index (χ2v) is 5.84. The van der Waals surface area contributed by atoms with Crippen LogP contribution in [0.25, 0.3) is 0 Å². The van der Waals surface area contributed by atoms with E-state index in [0.29, 0.717) is 5.82 Å². The predicted molar refractivity (Wildman–Crippen MR) is 52.1 cm³/mol. The van der Waals surface area contributed by atoms with Gasteiger partial charge in [-0.2, -0.15) is 0 Å². The number of alkyl halides is 3. The largest absolute Gasteiger partial charge is 0.305 e. The van der Waals surface area contributed by atoms with Gasteiger partial charge in [-0.25, -0.2) is 0 Å². The van der Waals surface area contributed by atoms with Gasteiger partial charge in [0.1, 0.15) is 0 Å². The van der Waals surface area contributed by atoms with Gasteiger partial charge in [0.25, 0.3) is 0 Å². The van der Waals surface area contributed by atoms with E-state index >= 15 is 0 Å². The zero-order valence-corrected chi connectivity index (χ0v) is 9.69. The first-order chi connectivity index (χ1) is 5.71. The number of halogens is 3. The van der Waals surface area contributed by atoms with Crippen LogP contribution in [-0.2, 0) is 9.33 Å². The molecule has 0 aliphatic rings. The van der Waals surface area contributed by atoms with Gasteiger partial charge in [0.15, 0.2) is 5.82 Å². The van der Waals surface area contributed by atoms with Crippen LogP contribution in [0, 0.1) is 0 Å². The first kappa shape index (κ1) is 11.0. The molecule has 4 nitrogen and oxygen atoms in total. The molecule has 1 heterocycles. The topological polar surface area (TPSA) is 43.6 Å². The normalized spacial score (nSPS) is 13.4. The third-order valence-corrected chi connectivity index (χ3v) is 1.76. The van der Waals surface area contributed by atoms with Crippen LogP contribution in [0.2, 0.25) is 0 Å². The summed E-state index contributed by atoms with van der Waals surface area (Å²) in [4.78, 5) is 0.957. The van der Waals surface area contributed by atoms with Crippen molar-refractivity contribution >= 4 is 34.8 Å². The second kappa shape index (κ2) is 3.26. The van der Waals surface area contributed by atoms with Crippen molar-refractivity contribution in [3.63, 3.8) is 0 Å². The molecule has 7 heteroatoms. The molecule has 0 aromatic carbocycles. The Balaban J connectivity index is 3.01. The number of rotatable bonds is 0. The van der Waals surface area contributed by atoms with Gasteiger partial charge in [0, 0.05) is 5.41 Å². The van der Waals surface area contributed by atoms with Crippen molar-refractivity contribution in [1.82, 2.24) is 20.2 Å². The van der Waals surface area contributed by atoms with Gasteiger partial charge in [0.05, 0.1) is 0 Å². The van der Waals surface area contributed by atoms with Crippen molar-refractivity contribution in [2.24, 2.45) is 0 Å². The Hall–Kier alpha value is -0.0600. The van der Waals surface area contributed by atoms with E-state index < -0.39 is 3.92 Å². The second-order valence-electron chi connectivity index (χ2n) is 3.62. The summed E-state index contributed by atoms with van der Waals surface area (Å²) < 4.78 is -1.67. The van der Waals surface area contributed by atoms with Crippen molar-refractivity contribution in [2.75, 3.05) is 0 Å². The van der Waals surface area contributed by atoms with Gasteiger partial charge in [-0.15, -0.1) is 15.0 Å². The average Bonchev–Trinajstić information content (AvgIpc) is 2.28. The molecule has 13 heavy (non-hydrogen) atoms. The van der Waals surface area contributed by atoms with Gasteiger partial charge in [-0.3, -0.25) is 0 Å². The van der Waals surface area contributed by atoms with E-state index in [-0.39, 0.29) is 5.41 Å². The highest BCUT2D eigenvalue weighted by atomic mass is 35.6. The van der Waals surface area contributed by atoms with Crippen LogP contribution in [0.4, 0.5) is 0 Å². The molecule has 1 rings (SSSR count). The molecule has 0 bridgehead atoms. The molecule has 0 saturated heterocycles. The predicted octanol–water partition coefficient (Wildman–Crippen LogP) is 2.25. The highest BCUT2D eigenvalue weighted by Gasteiger charge is 2.28. The van der Waals surface area contributed by atoms with Crippen LogP contribution in [0.15, 0.2) is 0 Å². The van der Waals surface area contributed by atoms with Crippen LogP contribution in [0.1, 0.15) is 26.6 Å². The smallest absolute Gasteiger partial charge is 0.132 e. The highest BCUT2D eigenvalue weighted by molar-refractivity contribution is 6.64. The quantitative estimate of drug-likeness (QED) is 0.657. The molecular weight excluding hydrogens is 234 g/mol. The third kappa shape index (κ3) is 2.69. The zero-order valence-electron chi connectivity index (χ0n) is 7.42. The Morgan fingerprint density at radius 3 is 1.92 bits per heavy atom. The van der Waals surface area contributed by atoms with Crippen molar-refractivity contribution in [2.45, 2.75) is 30.1 Å². The lowest BCUT2D eigenvalue weighted by atomic mass is 9.96. The Kier molecular flexibility index (Phi) is 2.76. The van der Waals surface area contributed by atoms with E-state index in [2.05, 4.69) is 15.4 Å². The summed E-state index contributed by atoms with van der Waals surface area (Å²) in [7, 11) is 0. The lowest BCUT2D eigenvalue weighted by Gasteiger charge is -2.12. The molecule has 0 saturated carbocycles. The van der Waals surface area contributed by atoms with E-state index in [4.69, 9.17) is 34.8 Å². The molecule has 0 N–H and O–H groups in total. The monoisotopic (exact) mass is 242 g/mol. The van der Waals surface area contributed by atoms with Crippen molar-refractivity contribution in [3.05, 3.63) is 5.82 Å². The Bertz CT molecular complexity index is 267. The Morgan fingerprint density at radius 2 is 1.69 bits per heavy atom. The maximum absolute atomic E-state index is 5.55. The van der Waals surface area contributed by atoms with Gasteiger partial charge in [0.2, 0.25) is 0 Å². The van der Waals surface area contributed by atoms with Crippen LogP contribution in [0.3, 0.4) is 0 Å². The fourth-order valence-corrected chi connectivity index (χ4v) is 0.837. The highest BCUT2D eigenvalue weighted by Crippen LogP contribution is 2.30. The maximum Gasteiger partial charge on any atom is 0.305 e. The average molecular weight is 244 g/mol. The fraction of sp³-hybridized carbons (Fsp3) is 0.833. The van der Waals surface area contributed by atoms with E-state index in [9.17, 15) is 0 Å². The van der Waals surface area contributed by atoms with Gasteiger partial charge in [-0.05, 0) is 5.21 Å². The summed E-state index contributed by atoms with van der Waals surface area (Å²) in [5.41, 5.74) is -0.200. The van der Waals surface area contributed by atoms with Crippen LogP contribution in [0.5, 0.6) is 0 Å². The molecule has 0 unspecified atom stereocenters. The fourth-order valence-electron chi connectivity index (χ4n) is 0.622. The van der Waals surface area contributed by atoms with Gasteiger partial charge >= 0.3 is 3.92 Å². The van der Waals surface area contributed by atoms with Crippen LogP contribution >= 0.6 is 34.8 Å². The van der Waals surface area contributed by atoms with Crippen LogP contribution in [-0.4, -0.2) is 20.2 Å². The number of nitrogens with zero attached hydrogens (tertiary/aromatic N) is 4. The summed E-state index contributed by atoms with van der Waals surface area (Å²) in [6, 6.07) is 0. The van der Waals surface area contributed by atoms with E-state index in [1.54, 1.807) is 0 Å². The molecule has 0 aliphatic heterocycles. The molecule has 1 aromatic rings. The number of hydrogen-bond donors (Lipinski definition) is 0. The van der Waals surface area contributed by atoms with Crippen molar-refractivity contribution in [1.29, 1.82) is 0 Å². The lowest BCUT2D eigenvalue weighted by molar-refractivity contribution is 0.523. The minimum Gasteiger partial charge on any atom is -0.132 e. The molecule has 0 amide bonds. The summed E-state index contributed by atoms with van der Waals surface area (Å²) >= 11 is 16.7. The zero-order chi connectivity index (χ0) is 10.3. The van der Waals surface area contributed by atoms with Crippen molar-refractivity contribution < 1.29 is 0 Å². The summed E-state index contributed by atoms with van der Waals surface area (Å²) in [5.74, 6) is 0.541. The van der Waals surface area contributed by atoms with E-state index in [1.807, 2.05) is 20.8 Å². The van der Waals surface area contributed by atoms with Gasteiger partial charge in [-0.1, -0.05) is 55.6 Å². The standard InChI is InChI=1S/C6H9Cl3N4/c1-5(2,3)4-10-12-13(11-4)6(7,8)9/h1-3H3. The molecule has 0 radical (unpaired) electrons. The molecule has 1 aromatic heterocycles. The van der Waals surface area contributed by atoms with E-state index in [1.165, 1.54) is 0 Å². The minimum absolute atomic E-state index is 0.200. The first-order valence-electron chi connectivity index (χ1n) is 3.59. The number of hydrogen-bond acceptors (Lipinski definition) is 3. The van der Waals surface area contributed by atoms with Gasteiger partial charge < -0.3 is 0 Å².